The molecule has 0 radical (unpaired) electrons. The van der Waals surface area contributed by atoms with Gasteiger partial charge in [0.2, 0.25) is 5.91 Å². The molecule has 1 aromatic heterocycles. The maximum Gasteiger partial charge on any atom is 0.228 e. The van der Waals surface area contributed by atoms with E-state index in [1.54, 1.807) is 4.90 Å². The Bertz CT molecular complexity index is 635. The lowest BCUT2D eigenvalue weighted by Crippen LogP contribution is -2.31. The van der Waals surface area contributed by atoms with Gasteiger partial charge in [-0.25, -0.2) is 4.98 Å². The number of likely N-dealkylation sites (N-methyl/N-ethyl adjacent to an activating group) is 1. The van der Waals surface area contributed by atoms with Crippen LogP contribution in [0.2, 0.25) is 0 Å². The Balaban J connectivity index is 1.85. The molecule has 0 aliphatic carbocycles. The summed E-state index contributed by atoms with van der Waals surface area (Å²) in [4.78, 5) is 18.4. The molecule has 2 aromatic rings. The molecule has 0 saturated carbocycles. The number of nitrogens with zero attached hydrogens (tertiary/aromatic N) is 2. The third-order valence-corrected chi connectivity index (χ3v) is 4.25. The number of hydrogen-bond donors (Lipinski definition) is 0. The molecule has 0 bridgehead atoms. The number of benzene rings is 1. The Kier molecular flexibility index (Phi) is 6.16. The lowest BCUT2D eigenvalue weighted by molar-refractivity contribution is -0.129. The number of rotatable bonds is 7. The van der Waals surface area contributed by atoms with Crippen LogP contribution in [-0.2, 0) is 17.8 Å². The first-order valence-corrected chi connectivity index (χ1v) is 8.68. The summed E-state index contributed by atoms with van der Waals surface area (Å²) in [6, 6.07) is 7.94. The standard InChI is InChI=1S/C18H24N2O2S/c1-13(2)10-20(4)18(21)9-15-12-23-17(19-15)11-22-16-7-5-14(3)6-8-16/h5-8,12-13H,9-11H2,1-4H3. The Labute approximate surface area is 142 Å². The van der Waals surface area contributed by atoms with Gasteiger partial charge in [0.15, 0.2) is 0 Å². The molecule has 0 fully saturated rings. The van der Waals surface area contributed by atoms with Crippen molar-refractivity contribution in [2.45, 2.75) is 33.8 Å². The highest BCUT2D eigenvalue weighted by Gasteiger charge is 2.13. The molecular formula is C18H24N2O2S. The number of carbonyl (C=O) groups excluding carboxylic acids is 1. The van der Waals surface area contributed by atoms with Gasteiger partial charge in [0.1, 0.15) is 17.4 Å². The molecule has 2 rings (SSSR count). The topological polar surface area (TPSA) is 42.4 Å². The molecule has 1 amide bonds. The van der Waals surface area contributed by atoms with Crippen LogP contribution in [0.15, 0.2) is 29.6 Å². The highest BCUT2D eigenvalue weighted by molar-refractivity contribution is 7.09. The van der Waals surface area contributed by atoms with E-state index < -0.39 is 0 Å². The van der Waals surface area contributed by atoms with Crippen LogP contribution in [0.1, 0.15) is 30.1 Å². The Hall–Kier alpha value is -1.88. The Morgan fingerprint density at radius 3 is 2.65 bits per heavy atom. The van der Waals surface area contributed by atoms with Crippen molar-refractivity contribution in [3.8, 4) is 5.75 Å². The third kappa shape index (κ3) is 5.67. The minimum absolute atomic E-state index is 0.106. The zero-order chi connectivity index (χ0) is 16.8. The quantitative estimate of drug-likeness (QED) is 0.776. The van der Waals surface area contributed by atoms with Crippen molar-refractivity contribution in [3.05, 3.63) is 45.9 Å². The predicted octanol–water partition coefficient (Wildman–Crippen LogP) is 3.69. The van der Waals surface area contributed by atoms with Crippen molar-refractivity contribution in [1.29, 1.82) is 0 Å². The van der Waals surface area contributed by atoms with Gasteiger partial charge in [-0.1, -0.05) is 31.5 Å². The molecule has 23 heavy (non-hydrogen) atoms. The summed E-state index contributed by atoms with van der Waals surface area (Å²) >= 11 is 1.53. The molecular weight excluding hydrogens is 308 g/mol. The number of amides is 1. The average molecular weight is 332 g/mol. The largest absolute Gasteiger partial charge is 0.486 e. The Morgan fingerprint density at radius 2 is 2.00 bits per heavy atom. The van der Waals surface area contributed by atoms with Crippen molar-refractivity contribution in [1.82, 2.24) is 9.88 Å². The number of ether oxygens (including phenoxy) is 1. The fraction of sp³-hybridized carbons (Fsp3) is 0.444. The number of hydrogen-bond acceptors (Lipinski definition) is 4. The third-order valence-electron chi connectivity index (χ3n) is 3.38. The lowest BCUT2D eigenvalue weighted by atomic mass is 10.2. The molecule has 0 aliphatic heterocycles. The van der Waals surface area contributed by atoms with Crippen LogP contribution in [0.5, 0.6) is 5.75 Å². The van der Waals surface area contributed by atoms with Crippen LogP contribution >= 0.6 is 11.3 Å². The molecule has 1 aromatic carbocycles. The molecule has 5 heteroatoms. The molecule has 0 spiro atoms. The molecule has 0 atom stereocenters. The minimum Gasteiger partial charge on any atom is -0.486 e. The van der Waals surface area contributed by atoms with Crippen LogP contribution < -0.4 is 4.74 Å². The van der Waals surface area contributed by atoms with E-state index in [1.807, 2.05) is 43.6 Å². The average Bonchev–Trinajstić information content (AvgIpc) is 2.93. The van der Waals surface area contributed by atoms with Crippen molar-refractivity contribution in [2.75, 3.05) is 13.6 Å². The van der Waals surface area contributed by atoms with Gasteiger partial charge < -0.3 is 9.64 Å². The van der Waals surface area contributed by atoms with E-state index in [9.17, 15) is 4.79 Å². The maximum absolute atomic E-state index is 12.1. The number of aryl methyl sites for hydroxylation is 1. The molecule has 4 nitrogen and oxygen atoms in total. The van der Waals surface area contributed by atoms with E-state index in [0.717, 1.165) is 23.0 Å². The summed E-state index contributed by atoms with van der Waals surface area (Å²) < 4.78 is 5.72. The van der Waals surface area contributed by atoms with Gasteiger partial charge in [0.05, 0.1) is 12.1 Å². The van der Waals surface area contributed by atoms with E-state index in [-0.39, 0.29) is 5.91 Å². The fourth-order valence-corrected chi connectivity index (χ4v) is 2.92. The van der Waals surface area contributed by atoms with Crippen molar-refractivity contribution < 1.29 is 9.53 Å². The zero-order valence-corrected chi connectivity index (χ0v) is 15.0. The summed E-state index contributed by atoms with van der Waals surface area (Å²) in [7, 11) is 1.84. The van der Waals surface area contributed by atoms with Crippen LogP contribution in [-0.4, -0.2) is 29.4 Å². The number of carbonyl (C=O) groups is 1. The lowest BCUT2D eigenvalue weighted by Gasteiger charge is -2.18. The maximum atomic E-state index is 12.1. The van der Waals surface area contributed by atoms with E-state index in [2.05, 4.69) is 18.8 Å². The SMILES string of the molecule is Cc1ccc(OCc2nc(CC(=O)N(C)CC(C)C)cs2)cc1. The zero-order valence-electron chi connectivity index (χ0n) is 14.2. The number of thiazole rings is 1. The fourth-order valence-electron chi connectivity index (χ4n) is 2.22. The van der Waals surface area contributed by atoms with Gasteiger partial charge in [-0.15, -0.1) is 11.3 Å². The second-order valence-electron chi connectivity index (χ2n) is 6.18. The number of aromatic nitrogens is 1. The molecule has 0 aliphatic rings. The second kappa shape index (κ2) is 8.11. The van der Waals surface area contributed by atoms with Crippen molar-refractivity contribution >= 4 is 17.2 Å². The minimum atomic E-state index is 0.106. The summed E-state index contributed by atoms with van der Waals surface area (Å²) in [5.41, 5.74) is 2.02. The van der Waals surface area contributed by atoms with Gasteiger partial charge >= 0.3 is 0 Å². The van der Waals surface area contributed by atoms with Gasteiger partial charge in [-0.2, -0.15) is 0 Å². The van der Waals surface area contributed by atoms with Crippen molar-refractivity contribution in [2.24, 2.45) is 5.92 Å². The normalized spacial score (nSPS) is 10.8. The van der Waals surface area contributed by atoms with E-state index >= 15 is 0 Å². The summed E-state index contributed by atoms with van der Waals surface area (Å²) in [5, 5.41) is 2.83. The predicted molar refractivity (Wildman–Crippen MR) is 93.8 cm³/mol. The smallest absolute Gasteiger partial charge is 0.228 e. The first-order chi connectivity index (χ1) is 10.9. The van der Waals surface area contributed by atoms with Gasteiger partial charge in [0, 0.05) is 19.0 Å². The van der Waals surface area contributed by atoms with Gasteiger partial charge in [-0.3, -0.25) is 4.79 Å². The van der Waals surface area contributed by atoms with Crippen molar-refractivity contribution in [3.63, 3.8) is 0 Å². The van der Waals surface area contributed by atoms with E-state index in [4.69, 9.17) is 4.74 Å². The highest BCUT2D eigenvalue weighted by atomic mass is 32.1. The van der Waals surface area contributed by atoms with Crippen LogP contribution in [0.3, 0.4) is 0 Å². The van der Waals surface area contributed by atoms with E-state index in [1.165, 1.54) is 16.9 Å². The monoisotopic (exact) mass is 332 g/mol. The van der Waals surface area contributed by atoms with Crippen LogP contribution in [0.25, 0.3) is 0 Å². The first-order valence-electron chi connectivity index (χ1n) is 7.80. The van der Waals surface area contributed by atoms with Crippen LogP contribution in [0.4, 0.5) is 0 Å². The molecule has 124 valence electrons. The van der Waals surface area contributed by atoms with Gasteiger partial charge in [0.25, 0.3) is 0 Å². The second-order valence-corrected chi connectivity index (χ2v) is 7.12. The first kappa shape index (κ1) is 17.5. The van der Waals surface area contributed by atoms with Gasteiger partial charge in [-0.05, 0) is 25.0 Å². The molecule has 0 N–H and O–H groups in total. The molecule has 0 saturated heterocycles. The highest BCUT2D eigenvalue weighted by Crippen LogP contribution is 2.16. The molecule has 1 heterocycles. The Morgan fingerprint density at radius 1 is 1.30 bits per heavy atom. The summed E-state index contributed by atoms with van der Waals surface area (Å²) in [5.74, 6) is 1.41. The van der Waals surface area contributed by atoms with Crippen LogP contribution in [0, 0.1) is 12.8 Å². The summed E-state index contributed by atoms with van der Waals surface area (Å²) in [6.07, 6.45) is 0.351. The molecule has 0 unspecified atom stereocenters. The van der Waals surface area contributed by atoms with E-state index in [0.29, 0.717) is 18.9 Å². The summed E-state index contributed by atoms with van der Waals surface area (Å²) in [6.45, 7) is 7.46.